The van der Waals surface area contributed by atoms with Crippen LogP contribution in [0.25, 0.3) is 10.9 Å². The maximum atomic E-state index is 14.0. The Kier molecular flexibility index (Phi) is 6.71. The van der Waals surface area contributed by atoms with Gasteiger partial charge in [0.15, 0.2) is 0 Å². The molecule has 3 N–H and O–H groups in total. The molecule has 1 aliphatic carbocycles. The number of aromatic nitrogens is 1. The van der Waals surface area contributed by atoms with Crippen molar-refractivity contribution in [2.45, 2.75) is 68.1 Å². The van der Waals surface area contributed by atoms with E-state index in [9.17, 15) is 23.1 Å². The van der Waals surface area contributed by atoms with Crippen molar-refractivity contribution in [3.8, 4) is 0 Å². The summed E-state index contributed by atoms with van der Waals surface area (Å²) >= 11 is 0. The van der Waals surface area contributed by atoms with E-state index in [0.717, 1.165) is 28.5 Å². The van der Waals surface area contributed by atoms with Crippen LogP contribution < -0.4 is 14.9 Å². The molecular formula is C31H37N5O6S. The van der Waals surface area contributed by atoms with E-state index in [2.05, 4.69) is 17.6 Å². The van der Waals surface area contributed by atoms with E-state index in [1.165, 1.54) is 4.31 Å². The number of carbonyl (C=O) groups excluding carboxylic acids is 2. The molecule has 43 heavy (non-hydrogen) atoms. The molecule has 4 heterocycles. The predicted molar refractivity (Wildman–Crippen MR) is 162 cm³/mol. The molecule has 3 aliphatic heterocycles. The van der Waals surface area contributed by atoms with E-state index in [-0.39, 0.29) is 12.6 Å². The number of hydrogen-bond acceptors (Lipinski definition) is 7. The topological polar surface area (TPSA) is 133 Å². The molecule has 2 saturated heterocycles. The lowest BCUT2D eigenvalue weighted by Gasteiger charge is -2.38. The first kappa shape index (κ1) is 28.2. The molecule has 7 rings (SSSR count). The summed E-state index contributed by atoms with van der Waals surface area (Å²) < 4.78 is 35.1. The number of hydrogen-bond donors (Lipinski definition) is 3. The molecule has 12 heteroatoms. The second-order valence-electron chi connectivity index (χ2n) is 12.3. The molecule has 1 spiro atoms. The third-order valence-electron chi connectivity index (χ3n) is 9.71. The Bertz CT molecular complexity index is 1700. The zero-order valence-corrected chi connectivity index (χ0v) is 25.1. The summed E-state index contributed by atoms with van der Waals surface area (Å²) in [6.45, 7) is 3.52. The minimum absolute atomic E-state index is 0.0750. The van der Waals surface area contributed by atoms with Crippen molar-refractivity contribution in [1.82, 2.24) is 20.1 Å². The molecule has 1 aromatic heterocycles. The van der Waals surface area contributed by atoms with Gasteiger partial charge in [0.05, 0.1) is 35.4 Å². The van der Waals surface area contributed by atoms with E-state index >= 15 is 0 Å². The quantitative estimate of drug-likeness (QED) is 0.374. The second kappa shape index (κ2) is 10.2. The number of amides is 2. The molecule has 3 fully saturated rings. The van der Waals surface area contributed by atoms with E-state index in [0.29, 0.717) is 50.2 Å². The second-order valence-corrected chi connectivity index (χ2v) is 14.7. The van der Waals surface area contributed by atoms with E-state index in [4.69, 9.17) is 4.74 Å². The van der Waals surface area contributed by atoms with Crippen LogP contribution in [-0.2, 0) is 34.1 Å². The molecule has 4 atom stereocenters. The molecule has 228 valence electrons. The standard InChI is InChI=1S/C31H37N5O6S/c1-3-20-15-35-18-31(9-10-31)43(40,41)34(2)26-13-21(12-23(20)27(26)35)29(38)33-24(11-19-7-5-4-6-8-19)28(37)25-16-36-22(14-32-25)17-42-30(36)39/h4-8,12-13,15,22,24-25,28,32,37H,3,9-11,14,16-18H2,1-2H3,(H,33,38)/t22-,24-,25+,28-/m0/s1. The zero-order chi connectivity index (χ0) is 30.1. The van der Waals surface area contributed by atoms with Gasteiger partial charge in [-0.25, -0.2) is 13.2 Å². The number of cyclic esters (lactones) is 1. The van der Waals surface area contributed by atoms with Crippen LogP contribution in [0.1, 0.15) is 41.3 Å². The van der Waals surface area contributed by atoms with Crippen LogP contribution in [0.3, 0.4) is 0 Å². The first-order valence-electron chi connectivity index (χ1n) is 15.0. The molecule has 0 radical (unpaired) electrons. The van der Waals surface area contributed by atoms with Crippen molar-refractivity contribution >= 4 is 38.6 Å². The average Bonchev–Trinajstić information content (AvgIpc) is 3.62. The number of aryl methyl sites for hydroxylation is 1. The Morgan fingerprint density at radius 2 is 2.00 bits per heavy atom. The summed E-state index contributed by atoms with van der Waals surface area (Å²) in [5, 5.41) is 18.9. The number of nitrogens with one attached hydrogen (secondary N) is 2. The van der Waals surface area contributed by atoms with Crippen LogP contribution in [0.4, 0.5) is 10.5 Å². The monoisotopic (exact) mass is 607 g/mol. The molecule has 4 aliphatic rings. The number of ether oxygens (including phenoxy) is 1. The highest BCUT2D eigenvalue weighted by atomic mass is 32.2. The van der Waals surface area contributed by atoms with Crippen molar-refractivity contribution < 1.29 is 27.9 Å². The average molecular weight is 608 g/mol. The van der Waals surface area contributed by atoms with E-state index in [1.54, 1.807) is 18.0 Å². The van der Waals surface area contributed by atoms with Gasteiger partial charge in [0.1, 0.15) is 11.4 Å². The lowest BCUT2D eigenvalue weighted by atomic mass is 9.94. The third-order valence-corrected chi connectivity index (χ3v) is 12.3. The van der Waals surface area contributed by atoms with Crippen LogP contribution >= 0.6 is 0 Å². The minimum Gasteiger partial charge on any atom is -0.447 e. The molecule has 2 amide bonds. The Balaban J connectivity index is 1.22. The van der Waals surface area contributed by atoms with Gasteiger partial charge in [-0.05, 0) is 48.9 Å². The third kappa shape index (κ3) is 4.58. The molecule has 2 aromatic carbocycles. The fourth-order valence-corrected chi connectivity index (χ4v) is 8.86. The summed E-state index contributed by atoms with van der Waals surface area (Å²) in [7, 11) is -2.05. The summed E-state index contributed by atoms with van der Waals surface area (Å²) in [6, 6.07) is 11.9. The summed E-state index contributed by atoms with van der Waals surface area (Å²) in [5.74, 6) is -0.404. The van der Waals surface area contributed by atoms with Crippen molar-refractivity contribution in [3.05, 3.63) is 65.4 Å². The van der Waals surface area contributed by atoms with Crippen molar-refractivity contribution in [1.29, 1.82) is 0 Å². The largest absolute Gasteiger partial charge is 0.447 e. The van der Waals surface area contributed by atoms with Crippen LogP contribution in [-0.4, -0.2) is 90.7 Å². The molecule has 11 nitrogen and oxygen atoms in total. The van der Waals surface area contributed by atoms with Gasteiger partial charge in [-0.3, -0.25) is 14.0 Å². The van der Waals surface area contributed by atoms with E-state index < -0.39 is 45.0 Å². The fraction of sp³-hybridized carbons (Fsp3) is 0.484. The Morgan fingerprint density at radius 1 is 1.23 bits per heavy atom. The number of fused-ring (bicyclic) bond motifs is 1. The van der Waals surface area contributed by atoms with Gasteiger partial charge in [-0.15, -0.1) is 0 Å². The Labute approximate surface area is 250 Å². The number of rotatable bonds is 7. The number of aliphatic hydroxyl groups excluding tert-OH is 1. The molecule has 1 saturated carbocycles. The molecule has 3 aromatic rings. The highest BCUT2D eigenvalue weighted by Crippen LogP contribution is 2.51. The van der Waals surface area contributed by atoms with Crippen LogP contribution in [0.2, 0.25) is 0 Å². The summed E-state index contributed by atoms with van der Waals surface area (Å²) in [4.78, 5) is 27.9. The fourth-order valence-electron chi connectivity index (χ4n) is 6.97. The summed E-state index contributed by atoms with van der Waals surface area (Å²) in [6.07, 6.45) is 2.95. The predicted octanol–water partition coefficient (Wildman–Crippen LogP) is 2.01. The number of anilines is 1. The first-order chi connectivity index (χ1) is 20.6. The van der Waals surface area contributed by atoms with E-state index in [1.807, 2.05) is 47.2 Å². The number of sulfonamides is 1. The number of benzene rings is 2. The smallest absolute Gasteiger partial charge is 0.410 e. The van der Waals surface area contributed by atoms with Gasteiger partial charge in [-0.2, -0.15) is 0 Å². The van der Waals surface area contributed by atoms with Gasteiger partial charge in [0, 0.05) is 43.8 Å². The van der Waals surface area contributed by atoms with Gasteiger partial charge in [0.2, 0.25) is 10.0 Å². The molecule has 0 bridgehead atoms. The Hall–Kier alpha value is -3.61. The minimum atomic E-state index is -3.62. The van der Waals surface area contributed by atoms with Crippen LogP contribution in [0, 0.1) is 0 Å². The van der Waals surface area contributed by atoms with Crippen molar-refractivity contribution in [2.24, 2.45) is 0 Å². The molecule has 0 unspecified atom stereocenters. The van der Waals surface area contributed by atoms with Gasteiger partial charge < -0.3 is 25.0 Å². The lowest BCUT2D eigenvalue weighted by molar-refractivity contribution is 0.0490. The maximum Gasteiger partial charge on any atom is 0.410 e. The highest BCUT2D eigenvalue weighted by molar-refractivity contribution is 7.94. The lowest BCUT2D eigenvalue weighted by Crippen LogP contribution is -2.63. The zero-order valence-electron chi connectivity index (χ0n) is 24.3. The van der Waals surface area contributed by atoms with Gasteiger partial charge in [-0.1, -0.05) is 37.3 Å². The number of aliphatic hydroxyl groups is 1. The van der Waals surface area contributed by atoms with Crippen LogP contribution in [0.5, 0.6) is 0 Å². The number of carbonyl (C=O) groups is 2. The summed E-state index contributed by atoms with van der Waals surface area (Å²) in [5.41, 5.74) is 3.62. The van der Waals surface area contributed by atoms with Crippen molar-refractivity contribution in [2.75, 3.05) is 31.0 Å². The molecular weight excluding hydrogens is 570 g/mol. The van der Waals surface area contributed by atoms with Gasteiger partial charge >= 0.3 is 6.09 Å². The SMILES string of the molecule is CCc1cn2c3c(cc(C(=O)N[C@@H](Cc4ccccc4)[C@H](O)[C@H]4CN5C(=O)OC[C@@H]5CN4)cc13)N(C)S(=O)(=O)C1(CC1)C2. The highest BCUT2D eigenvalue weighted by Gasteiger charge is 2.58. The number of nitrogens with zero attached hydrogens (tertiary/aromatic N) is 3. The maximum absolute atomic E-state index is 14.0. The van der Waals surface area contributed by atoms with Crippen LogP contribution in [0.15, 0.2) is 48.7 Å². The normalized spacial score (nSPS) is 24.8. The van der Waals surface area contributed by atoms with Crippen molar-refractivity contribution in [3.63, 3.8) is 0 Å². The number of piperazine rings is 1. The Morgan fingerprint density at radius 3 is 2.72 bits per heavy atom. The first-order valence-corrected chi connectivity index (χ1v) is 16.4. The van der Waals surface area contributed by atoms with Gasteiger partial charge in [0.25, 0.3) is 5.91 Å².